The normalized spacial score (nSPS) is 16.3. The molecule has 5 rings (SSSR count). The van der Waals surface area contributed by atoms with Crippen molar-refractivity contribution in [3.63, 3.8) is 0 Å². The van der Waals surface area contributed by atoms with Crippen molar-refractivity contribution < 1.29 is 24.2 Å². The Hall–Kier alpha value is -4.46. The van der Waals surface area contributed by atoms with Gasteiger partial charge in [0.25, 0.3) is 11.8 Å². The van der Waals surface area contributed by atoms with Gasteiger partial charge in [-0.3, -0.25) is 24.3 Å². The van der Waals surface area contributed by atoms with Gasteiger partial charge < -0.3 is 15.2 Å². The summed E-state index contributed by atoms with van der Waals surface area (Å²) in [4.78, 5) is 42.3. The topological polar surface area (TPSA) is 109 Å². The maximum absolute atomic E-state index is 12.4. The van der Waals surface area contributed by atoms with Crippen LogP contribution in [-0.4, -0.2) is 52.4 Å². The molecular formula is C29H27N3O5. The third-order valence-corrected chi connectivity index (χ3v) is 6.63. The number of benzene rings is 2. The molecule has 8 heteroatoms. The molecule has 0 fully saturated rings. The fourth-order valence-corrected chi connectivity index (χ4v) is 4.54. The zero-order chi connectivity index (χ0) is 26.3. The zero-order valence-electron chi connectivity index (χ0n) is 20.8. The number of carbonyl (C=O) groups excluding carboxylic acids is 3. The molecular weight excluding hydrogens is 470 g/mol. The van der Waals surface area contributed by atoms with Gasteiger partial charge in [0, 0.05) is 37.0 Å². The molecule has 1 atom stereocenters. The molecule has 0 spiro atoms. The lowest BCUT2D eigenvalue weighted by molar-refractivity contribution is -0.116. The standard InChI is InChI=1S/C29H27N3O5/c1-16(2)24-8-4-17(14-30-24)5-9-26(34)31-15-21-11-20-10-19(13-25(33)27(20)37-21)18-6-7-22-23(12-18)29(36)32(3)28(22)35/h4-10,12-14,16,21,33H,11,15H2,1-3H3,(H,31,34)/b9-5+. The lowest BCUT2D eigenvalue weighted by Crippen LogP contribution is -2.33. The van der Waals surface area contributed by atoms with Gasteiger partial charge in [-0.1, -0.05) is 26.0 Å². The minimum Gasteiger partial charge on any atom is -0.504 e. The summed E-state index contributed by atoms with van der Waals surface area (Å²) >= 11 is 0. The van der Waals surface area contributed by atoms with Crippen molar-refractivity contribution in [2.45, 2.75) is 32.3 Å². The number of phenolic OH excluding ortho intramolecular Hbond substituents is 1. The van der Waals surface area contributed by atoms with Crippen molar-refractivity contribution in [1.82, 2.24) is 15.2 Å². The molecule has 0 aliphatic carbocycles. The molecule has 0 saturated heterocycles. The molecule has 1 aromatic heterocycles. The van der Waals surface area contributed by atoms with E-state index in [4.69, 9.17) is 4.74 Å². The Bertz CT molecular complexity index is 1440. The van der Waals surface area contributed by atoms with E-state index in [-0.39, 0.29) is 36.1 Å². The number of rotatable bonds is 6. The molecule has 8 nitrogen and oxygen atoms in total. The van der Waals surface area contributed by atoms with Crippen LogP contribution in [0, 0.1) is 0 Å². The van der Waals surface area contributed by atoms with Crippen molar-refractivity contribution in [3.8, 4) is 22.6 Å². The van der Waals surface area contributed by atoms with Crippen molar-refractivity contribution in [1.29, 1.82) is 0 Å². The minimum atomic E-state index is -0.343. The van der Waals surface area contributed by atoms with E-state index in [1.165, 1.54) is 13.1 Å². The predicted molar refractivity (Wildman–Crippen MR) is 138 cm³/mol. The number of aromatic hydroxyl groups is 1. The lowest BCUT2D eigenvalue weighted by atomic mass is 9.97. The van der Waals surface area contributed by atoms with E-state index in [0.717, 1.165) is 21.7 Å². The van der Waals surface area contributed by atoms with Crippen LogP contribution < -0.4 is 10.1 Å². The second kappa shape index (κ2) is 9.54. The molecule has 0 bridgehead atoms. The average molecular weight is 498 g/mol. The molecule has 37 heavy (non-hydrogen) atoms. The van der Waals surface area contributed by atoms with Crippen molar-refractivity contribution in [3.05, 3.63) is 82.7 Å². The Morgan fingerprint density at radius 2 is 1.92 bits per heavy atom. The highest BCUT2D eigenvalue weighted by molar-refractivity contribution is 6.21. The predicted octanol–water partition coefficient (Wildman–Crippen LogP) is 3.94. The molecule has 2 aliphatic heterocycles. The van der Waals surface area contributed by atoms with E-state index in [2.05, 4.69) is 24.1 Å². The molecule has 3 aromatic rings. The summed E-state index contributed by atoms with van der Waals surface area (Å²) in [5.41, 5.74) is 4.79. The smallest absolute Gasteiger partial charge is 0.261 e. The van der Waals surface area contributed by atoms with Gasteiger partial charge in [0.05, 0.1) is 17.7 Å². The minimum absolute atomic E-state index is 0.0152. The Morgan fingerprint density at radius 1 is 1.14 bits per heavy atom. The number of carbonyl (C=O) groups is 3. The van der Waals surface area contributed by atoms with Gasteiger partial charge in [-0.05, 0) is 59.0 Å². The van der Waals surface area contributed by atoms with E-state index >= 15 is 0 Å². The fraction of sp³-hybridized carbons (Fsp3) is 0.241. The molecule has 2 aromatic carbocycles. The van der Waals surface area contributed by atoms with Gasteiger partial charge in [-0.15, -0.1) is 0 Å². The molecule has 3 heterocycles. The number of phenols is 1. The van der Waals surface area contributed by atoms with Gasteiger partial charge in [0.2, 0.25) is 5.91 Å². The van der Waals surface area contributed by atoms with E-state index in [1.54, 1.807) is 36.5 Å². The summed E-state index contributed by atoms with van der Waals surface area (Å²) in [6.45, 7) is 4.43. The van der Waals surface area contributed by atoms with Gasteiger partial charge in [-0.2, -0.15) is 0 Å². The van der Waals surface area contributed by atoms with Crippen molar-refractivity contribution in [2.75, 3.05) is 13.6 Å². The second-order valence-corrected chi connectivity index (χ2v) is 9.61. The summed E-state index contributed by atoms with van der Waals surface area (Å²) in [5.74, 6) is -0.195. The zero-order valence-corrected chi connectivity index (χ0v) is 20.8. The highest BCUT2D eigenvalue weighted by atomic mass is 16.5. The SMILES string of the molecule is CC(C)c1ccc(/C=C/C(=O)NCC2Cc3cc(-c4ccc5c(c4)C(=O)N(C)C5=O)cc(O)c3O2)cn1. The summed E-state index contributed by atoms with van der Waals surface area (Å²) in [6, 6.07) is 12.4. The number of hydrogen-bond donors (Lipinski definition) is 2. The number of nitrogens with zero attached hydrogens (tertiary/aromatic N) is 2. The maximum atomic E-state index is 12.4. The van der Waals surface area contributed by atoms with Crippen LogP contribution in [0.2, 0.25) is 0 Å². The van der Waals surface area contributed by atoms with Crippen LogP contribution in [0.5, 0.6) is 11.5 Å². The Kier molecular flexibility index (Phi) is 6.25. The number of nitrogens with one attached hydrogen (secondary N) is 1. The van der Waals surface area contributed by atoms with Gasteiger partial charge in [0.1, 0.15) is 6.10 Å². The van der Waals surface area contributed by atoms with Gasteiger partial charge in [0.15, 0.2) is 11.5 Å². The number of imide groups is 1. The largest absolute Gasteiger partial charge is 0.504 e. The monoisotopic (exact) mass is 497 g/mol. The first kappa shape index (κ1) is 24.2. The molecule has 0 saturated carbocycles. The Morgan fingerprint density at radius 3 is 2.65 bits per heavy atom. The number of fused-ring (bicyclic) bond motifs is 2. The molecule has 3 amide bonds. The quantitative estimate of drug-likeness (QED) is 0.395. The van der Waals surface area contributed by atoms with Crippen molar-refractivity contribution >= 4 is 23.8 Å². The fourth-order valence-electron chi connectivity index (χ4n) is 4.54. The third kappa shape index (κ3) is 4.70. The first-order valence-electron chi connectivity index (χ1n) is 12.1. The molecule has 0 radical (unpaired) electrons. The summed E-state index contributed by atoms with van der Waals surface area (Å²) < 4.78 is 5.89. The van der Waals surface area contributed by atoms with Crippen LogP contribution in [0.4, 0.5) is 0 Å². The van der Waals surface area contributed by atoms with Crippen LogP contribution in [0.1, 0.15) is 57.3 Å². The summed E-state index contributed by atoms with van der Waals surface area (Å²) in [6.07, 6.45) is 5.09. The van der Waals surface area contributed by atoms with Gasteiger partial charge >= 0.3 is 0 Å². The lowest BCUT2D eigenvalue weighted by Gasteiger charge is -2.11. The first-order valence-corrected chi connectivity index (χ1v) is 12.1. The number of amides is 3. The van der Waals surface area contributed by atoms with E-state index in [0.29, 0.717) is 40.3 Å². The second-order valence-electron chi connectivity index (χ2n) is 9.61. The summed E-state index contributed by atoms with van der Waals surface area (Å²) in [7, 11) is 1.46. The van der Waals surface area contributed by atoms with E-state index in [9.17, 15) is 19.5 Å². The molecule has 2 aliphatic rings. The molecule has 1 unspecified atom stereocenters. The summed E-state index contributed by atoms with van der Waals surface area (Å²) in [5, 5.41) is 13.4. The van der Waals surface area contributed by atoms with Crippen molar-refractivity contribution in [2.24, 2.45) is 0 Å². The Balaban J connectivity index is 1.23. The average Bonchev–Trinajstić information content (AvgIpc) is 3.41. The number of aromatic nitrogens is 1. The Labute approximate surface area is 214 Å². The third-order valence-electron chi connectivity index (χ3n) is 6.63. The number of hydrogen-bond acceptors (Lipinski definition) is 6. The van der Waals surface area contributed by atoms with Crippen LogP contribution in [0.15, 0.2) is 54.7 Å². The maximum Gasteiger partial charge on any atom is 0.261 e. The highest BCUT2D eigenvalue weighted by Gasteiger charge is 2.33. The van der Waals surface area contributed by atoms with Crippen LogP contribution in [0.25, 0.3) is 17.2 Å². The molecule has 2 N–H and O–H groups in total. The van der Waals surface area contributed by atoms with Gasteiger partial charge in [-0.25, -0.2) is 0 Å². The molecule has 188 valence electrons. The number of pyridine rings is 1. The van der Waals surface area contributed by atoms with E-state index < -0.39 is 0 Å². The van der Waals surface area contributed by atoms with Crippen LogP contribution >= 0.6 is 0 Å². The van der Waals surface area contributed by atoms with E-state index in [1.807, 2.05) is 18.2 Å². The number of ether oxygens (including phenoxy) is 1. The van der Waals surface area contributed by atoms with Crippen LogP contribution in [0.3, 0.4) is 0 Å². The first-order chi connectivity index (χ1) is 17.7. The highest BCUT2D eigenvalue weighted by Crippen LogP contribution is 2.41. The van der Waals surface area contributed by atoms with Crippen LogP contribution in [-0.2, 0) is 11.2 Å².